The van der Waals surface area contributed by atoms with Crippen LogP contribution < -0.4 is 10.1 Å². The Hall–Kier alpha value is -1.27. The average molecular weight is 317 g/mol. The largest absolute Gasteiger partial charge is 0.573 e. The molecule has 1 aliphatic rings. The normalized spacial score (nSPS) is 24.0. The van der Waals surface area contributed by atoms with Crippen molar-refractivity contribution in [1.82, 2.24) is 5.32 Å². The molecule has 0 heterocycles. The molecule has 1 aromatic rings. The average Bonchev–Trinajstić information content (AvgIpc) is 2.46. The van der Waals surface area contributed by atoms with E-state index in [0.29, 0.717) is 12.0 Å². The van der Waals surface area contributed by atoms with Gasteiger partial charge < -0.3 is 15.2 Å². The predicted molar refractivity (Wildman–Crippen MR) is 77.5 cm³/mol. The molecule has 1 aliphatic carbocycles. The molecule has 2 rings (SSSR count). The van der Waals surface area contributed by atoms with Crippen molar-refractivity contribution >= 4 is 0 Å². The van der Waals surface area contributed by atoms with Gasteiger partial charge in [-0.2, -0.15) is 0 Å². The van der Waals surface area contributed by atoms with Crippen molar-refractivity contribution in [3.8, 4) is 5.75 Å². The molecular formula is C16H22F3NO2. The van der Waals surface area contributed by atoms with Crippen LogP contribution in [-0.4, -0.2) is 24.1 Å². The van der Waals surface area contributed by atoms with E-state index in [2.05, 4.69) is 10.1 Å². The van der Waals surface area contributed by atoms with Crippen molar-refractivity contribution in [2.75, 3.05) is 6.61 Å². The van der Waals surface area contributed by atoms with Crippen LogP contribution in [0.2, 0.25) is 0 Å². The van der Waals surface area contributed by atoms with Gasteiger partial charge in [-0.15, -0.1) is 13.2 Å². The first-order valence-corrected chi connectivity index (χ1v) is 7.60. The van der Waals surface area contributed by atoms with Crippen LogP contribution >= 0.6 is 0 Å². The zero-order valence-electron chi connectivity index (χ0n) is 12.6. The molecule has 0 bridgehead atoms. The molecule has 3 nitrogen and oxygen atoms in total. The lowest BCUT2D eigenvalue weighted by atomic mass is 9.86. The minimum atomic E-state index is -4.67. The monoisotopic (exact) mass is 317 g/mol. The SMILES string of the molecule is CC(NC1CCC(CO)CC1)c1cccc(OC(F)(F)F)c1. The third-order valence-electron chi connectivity index (χ3n) is 4.18. The highest BCUT2D eigenvalue weighted by atomic mass is 19.4. The molecule has 22 heavy (non-hydrogen) atoms. The van der Waals surface area contributed by atoms with Crippen molar-refractivity contribution in [2.24, 2.45) is 5.92 Å². The summed E-state index contributed by atoms with van der Waals surface area (Å²) >= 11 is 0. The highest BCUT2D eigenvalue weighted by Crippen LogP contribution is 2.28. The highest BCUT2D eigenvalue weighted by Gasteiger charge is 2.31. The minimum Gasteiger partial charge on any atom is -0.406 e. The molecule has 1 aromatic carbocycles. The van der Waals surface area contributed by atoms with E-state index >= 15 is 0 Å². The molecule has 124 valence electrons. The first-order chi connectivity index (χ1) is 10.4. The number of aliphatic hydroxyl groups is 1. The number of ether oxygens (including phenoxy) is 1. The van der Waals surface area contributed by atoms with Gasteiger partial charge in [-0.05, 0) is 56.2 Å². The smallest absolute Gasteiger partial charge is 0.406 e. The Morgan fingerprint density at radius 2 is 1.95 bits per heavy atom. The van der Waals surface area contributed by atoms with Crippen LogP contribution in [-0.2, 0) is 0 Å². The highest BCUT2D eigenvalue weighted by molar-refractivity contribution is 5.30. The molecule has 0 radical (unpaired) electrons. The zero-order valence-corrected chi connectivity index (χ0v) is 12.6. The fraction of sp³-hybridized carbons (Fsp3) is 0.625. The second kappa shape index (κ2) is 7.33. The molecule has 1 fully saturated rings. The number of hydrogen-bond acceptors (Lipinski definition) is 3. The summed E-state index contributed by atoms with van der Waals surface area (Å²) in [5.41, 5.74) is 0.769. The van der Waals surface area contributed by atoms with Crippen LogP contribution in [0.3, 0.4) is 0 Å². The van der Waals surface area contributed by atoms with Crippen molar-refractivity contribution < 1.29 is 23.0 Å². The van der Waals surface area contributed by atoms with Crippen LogP contribution in [0.4, 0.5) is 13.2 Å². The Morgan fingerprint density at radius 3 is 2.55 bits per heavy atom. The van der Waals surface area contributed by atoms with Crippen LogP contribution in [0.15, 0.2) is 24.3 Å². The summed E-state index contributed by atoms with van der Waals surface area (Å²) in [5, 5.41) is 12.6. The third-order valence-corrected chi connectivity index (χ3v) is 4.18. The molecule has 1 saturated carbocycles. The Bertz CT molecular complexity index is 471. The molecule has 0 aliphatic heterocycles. The number of alkyl halides is 3. The van der Waals surface area contributed by atoms with Crippen LogP contribution in [0.5, 0.6) is 5.75 Å². The van der Waals surface area contributed by atoms with Crippen molar-refractivity contribution in [1.29, 1.82) is 0 Å². The molecule has 2 N–H and O–H groups in total. The second-order valence-electron chi connectivity index (χ2n) is 5.91. The third kappa shape index (κ3) is 5.18. The quantitative estimate of drug-likeness (QED) is 0.868. The van der Waals surface area contributed by atoms with E-state index in [0.717, 1.165) is 31.2 Å². The van der Waals surface area contributed by atoms with Gasteiger partial charge in [0.25, 0.3) is 0 Å². The number of halogens is 3. The van der Waals surface area contributed by atoms with Crippen LogP contribution in [0.1, 0.15) is 44.2 Å². The number of benzene rings is 1. The van der Waals surface area contributed by atoms with Gasteiger partial charge in [-0.1, -0.05) is 12.1 Å². The van der Waals surface area contributed by atoms with Gasteiger partial charge in [0, 0.05) is 18.7 Å². The Kier molecular flexibility index (Phi) is 5.69. The molecule has 1 unspecified atom stereocenters. The lowest BCUT2D eigenvalue weighted by molar-refractivity contribution is -0.274. The summed E-state index contributed by atoms with van der Waals surface area (Å²) in [6.07, 6.45) is -0.739. The summed E-state index contributed by atoms with van der Waals surface area (Å²) in [5.74, 6) is 0.194. The molecule has 0 saturated heterocycles. The minimum absolute atomic E-state index is 0.0486. The summed E-state index contributed by atoms with van der Waals surface area (Å²) in [6.45, 7) is 2.17. The van der Waals surface area contributed by atoms with E-state index in [1.54, 1.807) is 12.1 Å². The van der Waals surface area contributed by atoms with Gasteiger partial charge in [0.15, 0.2) is 0 Å². The zero-order chi connectivity index (χ0) is 16.2. The van der Waals surface area contributed by atoms with Gasteiger partial charge >= 0.3 is 6.36 Å². The summed E-state index contributed by atoms with van der Waals surface area (Å²) < 4.78 is 40.7. The van der Waals surface area contributed by atoms with E-state index in [1.807, 2.05) is 6.92 Å². The lowest BCUT2D eigenvalue weighted by Crippen LogP contribution is -2.35. The molecule has 0 spiro atoms. The molecule has 6 heteroatoms. The van der Waals surface area contributed by atoms with E-state index in [1.165, 1.54) is 12.1 Å². The first-order valence-electron chi connectivity index (χ1n) is 7.60. The van der Waals surface area contributed by atoms with Crippen molar-refractivity contribution in [3.63, 3.8) is 0 Å². The first kappa shape index (κ1) is 17.1. The summed E-state index contributed by atoms with van der Waals surface area (Å²) in [7, 11) is 0. The van der Waals surface area contributed by atoms with Gasteiger partial charge in [0.2, 0.25) is 0 Å². The fourth-order valence-electron chi connectivity index (χ4n) is 2.94. The Labute approximate surface area is 128 Å². The van der Waals surface area contributed by atoms with E-state index < -0.39 is 6.36 Å². The van der Waals surface area contributed by atoms with Gasteiger partial charge in [0.1, 0.15) is 5.75 Å². The number of rotatable bonds is 5. The number of aliphatic hydroxyl groups excluding tert-OH is 1. The van der Waals surface area contributed by atoms with Crippen molar-refractivity contribution in [3.05, 3.63) is 29.8 Å². The molecular weight excluding hydrogens is 295 g/mol. The van der Waals surface area contributed by atoms with Crippen LogP contribution in [0.25, 0.3) is 0 Å². The van der Waals surface area contributed by atoms with E-state index in [-0.39, 0.29) is 18.4 Å². The van der Waals surface area contributed by atoms with Crippen molar-refractivity contribution in [2.45, 2.75) is 51.1 Å². The maximum atomic E-state index is 12.3. The van der Waals surface area contributed by atoms with Gasteiger partial charge in [0.05, 0.1) is 0 Å². The Morgan fingerprint density at radius 1 is 1.27 bits per heavy atom. The maximum absolute atomic E-state index is 12.3. The number of hydrogen-bond donors (Lipinski definition) is 2. The summed E-state index contributed by atoms with van der Waals surface area (Å²) in [6, 6.07) is 6.37. The Balaban J connectivity index is 1.92. The van der Waals surface area contributed by atoms with E-state index in [4.69, 9.17) is 5.11 Å². The standard InChI is InChI=1S/C16H22F3NO2/c1-11(20-14-7-5-12(10-21)6-8-14)13-3-2-4-15(9-13)22-16(17,18)19/h2-4,9,11-12,14,20-21H,5-8,10H2,1H3. The molecule has 0 aromatic heterocycles. The van der Waals surface area contributed by atoms with Gasteiger partial charge in [-0.25, -0.2) is 0 Å². The van der Waals surface area contributed by atoms with E-state index in [9.17, 15) is 13.2 Å². The van der Waals surface area contributed by atoms with Crippen LogP contribution in [0, 0.1) is 5.92 Å². The molecule has 0 amide bonds. The number of nitrogens with one attached hydrogen (secondary N) is 1. The topological polar surface area (TPSA) is 41.5 Å². The second-order valence-corrected chi connectivity index (χ2v) is 5.91. The fourth-order valence-corrected chi connectivity index (χ4v) is 2.94. The lowest BCUT2D eigenvalue weighted by Gasteiger charge is -2.30. The maximum Gasteiger partial charge on any atom is 0.573 e. The predicted octanol–water partition coefficient (Wildman–Crippen LogP) is 3.79. The summed E-state index contributed by atoms with van der Waals surface area (Å²) in [4.78, 5) is 0. The molecule has 1 atom stereocenters. The van der Waals surface area contributed by atoms with Gasteiger partial charge in [-0.3, -0.25) is 0 Å².